The molecule has 0 spiro atoms. The van der Waals surface area contributed by atoms with Gasteiger partial charge in [-0.3, -0.25) is 4.79 Å². The number of hydrogen-bond donors (Lipinski definition) is 2. The number of anilines is 2. The second-order valence-corrected chi connectivity index (χ2v) is 8.01. The van der Waals surface area contributed by atoms with Crippen molar-refractivity contribution in [2.24, 2.45) is 7.05 Å². The number of halogens is 2. The number of carbonyl (C=O) groups is 2. The van der Waals surface area contributed by atoms with Crippen molar-refractivity contribution in [2.75, 3.05) is 17.7 Å². The minimum Gasteiger partial charge on any atom is -0.464 e. The number of carbonyl (C=O) groups excluding carboxylic acids is 2. The highest BCUT2D eigenvalue weighted by Gasteiger charge is 2.24. The Balaban J connectivity index is 1.60. The first-order valence-corrected chi connectivity index (χ1v) is 11.0. The van der Waals surface area contributed by atoms with Gasteiger partial charge in [-0.05, 0) is 35.7 Å². The maximum absolute atomic E-state index is 13.5. The molecule has 4 aromatic rings. The molecule has 2 N–H and O–H groups in total. The largest absolute Gasteiger partial charge is 0.464 e. The molecule has 1 amide bonds. The second kappa shape index (κ2) is 10.3. The fraction of sp³-hybridized carbons (Fsp3) is 0.192. The summed E-state index contributed by atoms with van der Waals surface area (Å²) in [5, 5.41) is 6.50. The number of rotatable bonds is 8. The van der Waals surface area contributed by atoms with Gasteiger partial charge in [0.25, 0.3) is 0 Å². The summed E-state index contributed by atoms with van der Waals surface area (Å²) in [6.07, 6.45) is 2.33. The van der Waals surface area contributed by atoms with Crippen molar-refractivity contribution in [3.8, 4) is 0 Å². The molecule has 2 aromatic heterocycles. The van der Waals surface area contributed by atoms with E-state index in [0.717, 1.165) is 17.7 Å². The monoisotopic (exact) mass is 478 g/mol. The molecule has 180 valence electrons. The third-order valence-electron chi connectivity index (χ3n) is 5.63. The van der Waals surface area contributed by atoms with Gasteiger partial charge in [-0.15, -0.1) is 0 Å². The van der Waals surface area contributed by atoms with E-state index < -0.39 is 17.6 Å². The number of nitrogens with zero attached hydrogens (tertiary/aromatic N) is 2. The van der Waals surface area contributed by atoms with Crippen molar-refractivity contribution < 1.29 is 23.1 Å². The van der Waals surface area contributed by atoms with Gasteiger partial charge in [0, 0.05) is 25.4 Å². The number of aromatic nitrogens is 2. The van der Waals surface area contributed by atoms with E-state index in [0.29, 0.717) is 34.4 Å². The number of esters is 1. The smallest absolute Gasteiger partial charge is 0.356 e. The number of benzene rings is 2. The number of amides is 1. The predicted octanol–water partition coefficient (Wildman–Crippen LogP) is 4.82. The molecule has 0 unspecified atom stereocenters. The summed E-state index contributed by atoms with van der Waals surface area (Å²) in [7, 11) is 2.93. The molecule has 0 atom stereocenters. The average Bonchev–Trinajstić information content (AvgIpc) is 3.14. The number of hydrogen-bond acceptors (Lipinski definition) is 5. The molecule has 35 heavy (non-hydrogen) atoms. The van der Waals surface area contributed by atoms with Crippen LogP contribution in [-0.4, -0.2) is 28.5 Å². The van der Waals surface area contributed by atoms with E-state index in [1.807, 2.05) is 30.3 Å². The highest BCUT2D eigenvalue weighted by atomic mass is 19.2. The Labute approximate surface area is 200 Å². The summed E-state index contributed by atoms with van der Waals surface area (Å²) in [6, 6.07) is 15.0. The zero-order chi connectivity index (χ0) is 24.9. The number of aryl methyl sites for hydroxylation is 2. The van der Waals surface area contributed by atoms with Gasteiger partial charge >= 0.3 is 5.97 Å². The van der Waals surface area contributed by atoms with Gasteiger partial charge in [0.05, 0.1) is 24.7 Å². The van der Waals surface area contributed by atoms with E-state index >= 15 is 0 Å². The molecule has 9 heteroatoms. The van der Waals surface area contributed by atoms with Crippen LogP contribution in [-0.2, 0) is 29.5 Å². The summed E-state index contributed by atoms with van der Waals surface area (Å²) < 4.78 is 33.2. The minimum absolute atomic E-state index is 0.167. The quantitative estimate of drug-likeness (QED) is 0.355. The fourth-order valence-corrected chi connectivity index (χ4v) is 3.83. The maximum atomic E-state index is 13.5. The van der Waals surface area contributed by atoms with Crippen LogP contribution in [0.25, 0.3) is 11.0 Å². The topological polar surface area (TPSA) is 85.2 Å². The van der Waals surface area contributed by atoms with E-state index in [4.69, 9.17) is 4.74 Å². The molecule has 0 saturated carbocycles. The summed E-state index contributed by atoms with van der Waals surface area (Å²) >= 11 is 0. The Hall–Kier alpha value is -4.27. The summed E-state index contributed by atoms with van der Waals surface area (Å²) in [4.78, 5) is 29.7. The van der Waals surface area contributed by atoms with Crippen molar-refractivity contribution >= 4 is 34.3 Å². The number of methoxy groups -OCH3 is 1. The van der Waals surface area contributed by atoms with E-state index in [1.165, 1.54) is 13.2 Å². The molecule has 0 aliphatic heterocycles. The highest BCUT2D eigenvalue weighted by molar-refractivity contribution is 6.11. The van der Waals surface area contributed by atoms with Crippen molar-refractivity contribution in [2.45, 2.75) is 19.4 Å². The standard InChI is InChI=1S/C26H24F2N4O3/c1-32-24(26(34)35-2)23(31-22(33)11-9-16-6-4-3-5-7-16)19-13-18(15-30-25(19)32)29-14-17-8-10-20(27)21(28)12-17/h3-8,10,12-13,15,29H,9,11,14H2,1-2H3,(H,31,33). The molecule has 0 radical (unpaired) electrons. The molecule has 0 bridgehead atoms. The van der Waals surface area contributed by atoms with Gasteiger partial charge in [0.2, 0.25) is 5.91 Å². The Morgan fingerprint density at radius 2 is 1.80 bits per heavy atom. The van der Waals surface area contributed by atoms with Crippen LogP contribution in [0.4, 0.5) is 20.2 Å². The Kier molecular flexibility index (Phi) is 7.05. The molecule has 0 aliphatic rings. The van der Waals surface area contributed by atoms with Crippen molar-refractivity contribution in [3.63, 3.8) is 0 Å². The summed E-state index contributed by atoms with van der Waals surface area (Å²) in [5.74, 6) is -2.71. The van der Waals surface area contributed by atoms with Crippen molar-refractivity contribution in [3.05, 3.63) is 89.2 Å². The van der Waals surface area contributed by atoms with Crippen LogP contribution >= 0.6 is 0 Å². The Morgan fingerprint density at radius 1 is 1.03 bits per heavy atom. The molecule has 0 saturated heterocycles. The van der Waals surface area contributed by atoms with Gasteiger partial charge in [0.1, 0.15) is 5.65 Å². The van der Waals surface area contributed by atoms with Gasteiger partial charge < -0.3 is 19.9 Å². The molecular weight excluding hydrogens is 454 g/mol. The minimum atomic E-state index is -0.927. The fourth-order valence-electron chi connectivity index (χ4n) is 3.83. The molecule has 2 aromatic carbocycles. The van der Waals surface area contributed by atoms with Crippen LogP contribution in [0, 0.1) is 11.6 Å². The number of ether oxygens (including phenoxy) is 1. The predicted molar refractivity (Wildman–Crippen MR) is 129 cm³/mol. The summed E-state index contributed by atoms with van der Waals surface area (Å²) in [5.41, 5.74) is 3.09. The highest BCUT2D eigenvalue weighted by Crippen LogP contribution is 2.32. The molecular formula is C26H24F2N4O3. The second-order valence-electron chi connectivity index (χ2n) is 8.01. The van der Waals surface area contributed by atoms with Crippen LogP contribution in [0.3, 0.4) is 0 Å². The van der Waals surface area contributed by atoms with Gasteiger partial charge in [0.15, 0.2) is 17.3 Å². The van der Waals surface area contributed by atoms with Crippen LogP contribution < -0.4 is 10.6 Å². The lowest BCUT2D eigenvalue weighted by Crippen LogP contribution is -2.16. The maximum Gasteiger partial charge on any atom is 0.356 e. The average molecular weight is 478 g/mol. The number of fused-ring (bicyclic) bond motifs is 1. The van der Waals surface area contributed by atoms with E-state index in [-0.39, 0.29) is 24.6 Å². The van der Waals surface area contributed by atoms with Crippen LogP contribution in [0.5, 0.6) is 0 Å². The van der Waals surface area contributed by atoms with Crippen molar-refractivity contribution in [1.29, 1.82) is 0 Å². The zero-order valence-electron chi connectivity index (χ0n) is 19.3. The first-order valence-electron chi connectivity index (χ1n) is 11.0. The molecule has 0 fully saturated rings. The van der Waals surface area contributed by atoms with Crippen LogP contribution in [0.2, 0.25) is 0 Å². The molecule has 2 heterocycles. The first-order chi connectivity index (χ1) is 16.9. The molecule has 0 aliphatic carbocycles. The molecule has 7 nitrogen and oxygen atoms in total. The van der Waals surface area contributed by atoms with Crippen molar-refractivity contribution in [1.82, 2.24) is 9.55 Å². The van der Waals surface area contributed by atoms with E-state index in [1.54, 1.807) is 23.9 Å². The SMILES string of the molecule is COC(=O)c1c(NC(=O)CCc2ccccc2)c2cc(NCc3ccc(F)c(F)c3)cnc2n1C. The zero-order valence-corrected chi connectivity index (χ0v) is 19.3. The number of nitrogens with one attached hydrogen (secondary N) is 2. The lowest BCUT2D eigenvalue weighted by atomic mass is 10.1. The lowest BCUT2D eigenvalue weighted by molar-refractivity contribution is -0.116. The summed E-state index contributed by atoms with van der Waals surface area (Å²) in [6.45, 7) is 0.222. The van der Waals surface area contributed by atoms with E-state index in [2.05, 4.69) is 15.6 Å². The van der Waals surface area contributed by atoms with Crippen LogP contribution in [0.15, 0.2) is 60.8 Å². The first kappa shape index (κ1) is 23.9. The lowest BCUT2D eigenvalue weighted by Gasteiger charge is -2.09. The van der Waals surface area contributed by atoms with Gasteiger partial charge in [-0.1, -0.05) is 36.4 Å². The third-order valence-corrected chi connectivity index (χ3v) is 5.63. The Bertz CT molecular complexity index is 1390. The normalized spacial score (nSPS) is 10.9. The van der Waals surface area contributed by atoms with Gasteiger partial charge in [-0.25, -0.2) is 18.6 Å². The van der Waals surface area contributed by atoms with Gasteiger partial charge in [-0.2, -0.15) is 0 Å². The van der Waals surface area contributed by atoms with E-state index in [9.17, 15) is 18.4 Å². The number of pyridine rings is 1. The molecule has 4 rings (SSSR count). The van der Waals surface area contributed by atoms with Crippen LogP contribution in [0.1, 0.15) is 28.0 Å². The third kappa shape index (κ3) is 5.29. The Morgan fingerprint density at radius 3 is 2.51 bits per heavy atom.